The van der Waals surface area contributed by atoms with Gasteiger partial charge >= 0.3 is 6.09 Å². The molecule has 102 valence electrons. The third-order valence-corrected chi connectivity index (χ3v) is 3.03. The monoisotopic (exact) mass is 254 g/mol. The van der Waals surface area contributed by atoms with E-state index in [0.29, 0.717) is 25.6 Å². The molecule has 1 saturated carbocycles. The number of carbonyl (C=O) groups is 2. The number of rotatable bonds is 3. The Morgan fingerprint density at radius 3 is 2.39 bits per heavy atom. The van der Waals surface area contributed by atoms with Crippen LogP contribution < -0.4 is 5.32 Å². The average Bonchev–Trinajstić information content (AvgIpc) is 2.90. The zero-order valence-electron chi connectivity index (χ0n) is 11.4. The molecule has 0 spiro atoms. The highest BCUT2D eigenvalue weighted by Crippen LogP contribution is 2.23. The van der Waals surface area contributed by atoms with Gasteiger partial charge in [0.2, 0.25) is 5.91 Å². The van der Waals surface area contributed by atoms with E-state index < -0.39 is 5.60 Å². The summed E-state index contributed by atoms with van der Waals surface area (Å²) in [4.78, 5) is 24.9. The molecule has 2 fully saturated rings. The summed E-state index contributed by atoms with van der Waals surface area (Å²) in [6, 6.07) is 0.416. The standard InChI is InChI=1S/C13H22N2O3/c1-13(2,3)18-12(17)15-7-9(8-15)6-11(16)14-10-4-5-10/h9-10H,4-8H2,1-3H3,(H,14,16). The van der Waals surface area contributed by atoms with E-state index in [1.165, 1.54) is 0 Å². The average molecular weight is 254 g/mol. The molecule has 0 radical (unpaired) electrons. The van der Waals surface area contributed by atoms with Gasteiger partial charge in [-0.1, -0.05) is 0 Å². The molecule has 0 aromatic heterocycles. The van der Waals surface area contributed by atoms with Crippen LogP contribution in [0.2, 0.25) is 0 Å². The highest BCUT2D eigenvalue weighted by Gasteiger charge is 2.35. The Morgan fingerprint density at radius 1 is 1.28 bits per heavy atom. The molecule has 1 N–H and O–H groups in total. The lowest BCUT2D eigenvalue weighted by Gasteiger charge is -2.39. The Kier molecular flexibility index (Phi) is 3.50. The number of ether oxygens (including phenoxy) is 1. The van der Waals surface area contributed by atoms with Crippen LogP contribution in [0.15, 0.2) is 0 Å². The number of nitrogens with zero attached hydrogens (tertiary/aromatic N) is 1. The smallest absolute Gasteiger partial charge is 0.410 e. The van der Waals surface area contributed by atoms with Crippen LogP contribution in [0.3, 0.4) is 0 Å². The number of hydrogen-bond acceptors (Lipinski definition) is 3. The van der Waals surface area contributed by atoms with Crippen molar-refractivity contribution in [3.05, 3.63) is 0 Å². The van der Waals surface area contributed by atoms with Gasteiger partial charge in [0.15, 0.2) is 0 Å². The minimum Gasteiger partial charge on any atom is -0.444 e. The lowest BCUT2D eigenvalue weighted by atomic mass is 9.96. The molecule has 5 nitrogen and oxygen atoms in total. The largest absolute Gasteiger partial charge is 0.444 e. The molecule has 1 heterocycles. The van der Waals surface area contributed by atoms with Crippen molar-refractivity contribution < 1.29 is 14.3 Å². The Bertz CT molecular complexity index is 339. The van der Waals surface area contributed by atoms with Crippen LogP contribution in [-0.2, 0) is 9.53 Å². The van der Waals surface area contributed by atoms with Gasteiger partial charge in [-0.15, -0.1) is 0 Å². The number of hydrogen-bond donors (Lipinski definition) is 1. The van der Waals surface area contributed by atoms with Gasteiger partial charge in [-0.3, -0.25) is 4.79 Å². The number of carbonyl (C=O) groups excluding carboxylic acids is 2. The summed E-state index contributed by atoms with van der Waals surface area (Å²) in [5.74, 6) is 0.405. The molecule has 2 aliphatic rings. The van der Waals surface area contributed by atoms with Crippen LogP contribution >= 0.6 is 0 Å². The first-order valence-corrected chi connectivity index (χ1v) is 6.61. The number of amides is 2. The first kappa shape index (κ1) is 13.2. The predicted octanol–water partition coefficient (Wildman–Crippen LogP) is 1.52. The van der Waals surface area contributed by atoms with Crippen molar-refractivity contribution in [1.82, 2.24) is 10.2 Å². The Balaban J connectivity index is 1.63. The highest BCUT2D eigenvalue weighted by molar-refractivity contribution is 5.77. The third-order valence-electron chi connectivity index (χ3n) is 3.03. The second-order valence-corrected chi connectivity index (χ2v) is 6.30. The van der Waals surface area contributed by atoms with Crippen LogP contribution in [0, 0.1) is 5.92 Å². The molecule has 0 aromatic rings. The highest BCUT2D eigenvalue weighted by atomic mass is 16.6. The van der Waals surface area contributed by atoms with Crippen LogP contribution in [0.5, 0.6) is 0 Å². The second kappa shape index (κ2) is 4.78. The summed E-state index contributed by atoms with van der Waals surface area (Å²) >= 11 is 0. The van der Waals surface area contributed by atoms with Gasteiger partial charge in [-0.2, -0.15) is 0 Å². The van der Waals surface area contributed by atoms with Gasteiger partial charge < -0.3 is 15.0 Å². The van der Waals surface area contributed by atoms with Crippen molar-refractivity contribution >= 4 is 12.0 Å². The van der Waals surface area contributed by atoms with E-state index in [9.17, 15) is 9.59 Å². The second-order valence-electron chi connectivity index (χ2n) is 6.30. The van der Waals surface area contributed by atoms with Crippen molar-refractivity contribution in [3.8, 4) is 0 Å². The third kappa shape index (κ3) is 3.89. The van der Waals surface area contributed by atoms with E-state index in [2.05, 4.69) is 5.32 Å². The van der Waals surface area contributed by atoms with Gasteiger partial charge in [0.1, 0.15) is 5.60 Å². The molecule has 0 unspecified atom stereocenters. The molecule has 2 rings (SSSR count). The summed E-state index contributed by atoms with van der Waals surface area (Å²) in [5, 5.41) is 2.96. The minimum absolute atomic E-state index is 0.117. The maximum atomic E-state index is 11.7. The molecule has 5 heteroatoms. The van der Waals surface area contributed by atoms with E-state index in [1.807, 2.05) is 20.8 Å². The summed E-state index contributed by atoms with van der Waals surface area (Å²) in [6.45, 7) is 6.82. The van der Waals surface area contributed by atoms with E-state index in [-0.39, 0.29) is 17.9 Å². The van der Waals surface area contributed by atoms with Crippen molar-refractivity contribution in [3.63, 3.8) is 0 Å². The lowest BCUT2D eigenvalue weighted by Crippen LogP contribution is -2.52. The molecule has 0 aromatic carbocycles. The fraction of sp³-hybridized carbons (Fsp3) is 0.846. The summed E-state index contributed by atoms with van der Waals surface area (Å²) in [5.41, 5.74) is -0.453. The van der Waals surface area contributed by atoms with Crippen LogP contribution in [0.4, 0.5) is 4.79 Å². The van der Waals surface area contributed by atoms with Gasteiger partial charge in [0.05, 0.1) is 0 Å². The first-order valence-electron chi connectivity index (χ1n) is 6.61. The molecule has 0 atom stereocenters. The van der Waals surface area contributed by atoms with Gasteiger partial charge in [-0.25, -0.2) is 4.79 Å². The van der Waals surface area contributed by atoms with Gasteiger partial charge in [-0.05, 0) is 33.6 Å². The Labute approximate surface area is 108 Å². The number of nitrogens with one attached hydrogen (secondary N) is 1. The van der Waals surface area contributed by atoms with Gasteiger partial charge in [0, 0.05) is 31.5 Å². The van der Waals surface area contributed by atoms with E-state index in [4.69, 9.17) is 4.74 Å². The maximum absolute atomic E-state index is 11.7. The van der Waals surface area contributed by atoms with E-state index in [0.717, 1.165) is 12.8 Å². The summed E-state index contributed by atoms with van der Waals surface area (Å²) < 4.78 is 5.26. The summed E-state index contributed by atoms with van der Waals surface area (Å²) in [7, 11) is 0. The first-order chi connectivity index (χ1) is 8.33. The van der Waals surface area contributed by atoms with Crippen molar-refractivity contribution in [1.29, 1.82) is 0 Å². The van der Waals surface area contributed by atoms with Crippen LogP contribution in [0.1, 0.15) is 40.0 Å². The fourth-order valence-electron chi connectivity index (χ4n) is 1.95. The Morgan fingerprint density at radius 2 is 1.89 bits per heavy atom. The molecule has 18 heavy (non-hydrogen) atoms. The molecule has 1 aliphatic carbocycles. The molecular weight excluding hydrogens is 232 g/mol. The van der Waals surface area contributed by atoms with E-state index in [1.54, 1.807) is 4.90 Å². The van der Waals surface area contributed by atoms with Crippen LogP contribution in [0.25, 0.3) is 0 Å². The maximum Gasteiger partial charge on any atom is 0.410 e. The van der Waals surface area contributed by atoms with Crippen molar-refractivity contribution in [2.75, 3.05) is 13.1 Å². The van der Waals surface area contributed by atoms with Crippen LogP contribution in [-0.4, -0.2) is 41.6 Å². The molecule has 1 saturated heterocycles. The predicted molar refractivity (Wildman–Crippen MR) is 67.1 cm³/mol. The Hall–Kier alpha value is -1.26. The summed E-state index contributed by atoms with van der Waals surface area (Å²) in [6.07, 6.45) is 2.47. The molecule has 0 bridgehead atoms. The van der Waals surface area contributed by atoms with E-state index >= 15 is 0 Å². The normalized spacial score (nSPS) is 20.3. The zero-order valence-corrected chi connectivity index (χ0v) is 11.4. The number of likely N-dealkylation sites (tertiary alicyclic amines) is 1. The fourth-order valence-corrected chi connectivity index (χ4v) is 1.95. The molecular formula is C13H22N2O3. The molecule has 2 amide bonds. The SMILES string of the molecule is CC(C)(C)OC(=O)N1CC(CC(=O)NC2CC2)C1. The minimum atomic E-state index is -0.453. The van der Waals surface area contributed by atoms with Gasteiger partial charge in [0.25, 0.3) is 0 Å². The lowest BCUT2D eigenvalue weighted by molar-refractivity contribution is -0.123. The van der Waals surface area contributed by atoms with Crippen molar-refractivity contribution in [2.24, 2.45) is 5.92 Å². The van der Waals surface area contributed by atoms with Crippen molar-refractivity contribution in [2.45, 2.75) is 51.7 Å². The quantitative estimate of drug-likeness (QED) is 0.830. The topological polar surface area (TPSA) is 58.6 Å². The zero-order chi connectivity index (χ0) is 13.3. The molecule has 1 aliphatic heterocycles.